The van der Waals surface area contributed by atoms with Gasteiger partial charge in [0.05, 0.1) is 12.5 Å². The van der Waals surface area contributed by atoms with Crippen molar-refractivity contribution in [1.82, 2.24) is 10.6 Å². The van der Waals surface area contributed by atoms with Crippen LogP contribution in [0.3, 0.4) is 0 Å². The molecule has 0 heterocycles. The number of carbonyl (C=O) groups is 1. The van der Waals surface area contributed by atoms with Gasteiger partial charge in [-0.05, 0) is 25.7 Å². The SMILES string of the molecule is N#CC(CC(=O)NC1CC1)NC1CC1. The van der Waals surface area contributed by atoms with Gasteiger partial charge in [-0.1, -0.05) is 0 Å². The van der Waals surface area contributed by atoms with Crippen LogP contribution in [0.5, 0.6) is 0 Å². The Morgan fingerprint density at radius 1 is 1.36 bits per heavy atom. The molecular weight excluding hydrogens is 178 g/mol. The number of hydrogen-bond donors (Lipinski definition) is 2. The molecule has 0 aliphatic heterocycles. The van der Waals surface area contributed by atoms with Crippen LogP contribution in [0.15, 0.2) is 0 Å². The maximum absolute atomic E-state index is 11.4. The summed E-state index contributed by atoms with van der Waals surface area (Å²) in [6.07, 6.45) is 4.77. The van der Waals surface area contributed by atoms with Crippen LogP contribution < -0.4 is 10.6 Å². The lowest BCUT2D eigenvalue weighted by molar-refractivity contribution is -0.121. The first kappa shape index (κ1) is 9.47. The molecule has 1 atom stereocenters. The number of rotatable bonds is 5. The summed E-state index contributed by atoms with van der Waals surface area (Å²) < 4.78 is 0. The van der Waals surface area contributed by atoms with Crippen molar-refractivity contribution in [1.29, 1.82) is 5.26 Å². The second kappa shape index (κ2) is 3.97. The first-order valence-corrected chi connectivity index (χ1v) is 5.23. The third-order valence-corrected chi connectivity index (χ3v) is 2.50. The Kier molecular flexibility index (Phi) is 2.69. The largest absolute Gasteiger partial charge is 0.353 e. The molecule has 76 valence electrons. The van der Waals surface area contributed by atoms with Crippen LogP contribution in [0, 0.1) is 11.3 Å². The zero-order valence-electron chi connectivity index (χ0n) is 8.12. The molecule has 2 fully saturated rings. The molecule has 0 radical (unpaired) electrons. The van der Waals surface area contributed by atoms with Crippen LogP contribution in [0.2, 0.25) is 0 Å². The third kappa shape index (κ3) is 3.00. The minimum absolute atomic E-state index is 0.00667. The van der Waals surface area contributed by atoms with Crippen LogP contribution in [-0.2, 0) is 4.79 Å². The van der Waals surface area contributed by atoms with Gasteiger partial charge in [0, 0.05) is 12.1 Å². The number of nitrogens with one attached hydrogen (secondary N) is 2. The maximum atomic E-state index is 11.4. The Balaban J connectivity index is 1.69. The highest BCUT2D eigenvalue weighted by Gasteiger charge is 2.28. The predicted octanol–water partition coefficient (Wildman–Crippen LogP) is 0.299. The maximum Gasteiger partial charge on any atom is 0.222 e. The molecule has 4 nitrogen and oxygen atoms in total. The predicted molar refractivity (Wildman–Crippen MR) is 51.3 cm³/mol. The smallest absolute Gasteiger partial charge is 0.222 e. The highest BCUT2D eigenvalue weighted by atomic mass is 16.1. The van der Waals surface area contributed by atoms with E-state index < -0.39 is 0 Å². The van der Waals surface area contributed by atoms with E-state index in [-0.39, 0.29) is 11.9 Å². The normalized spacial score (nSPS) is 22.5. The molecule has 1 unspecified atom stereocenters. The zero-order chi connectivity index (χ0) is 9.97. The lowest BCUT2D eigenvalue weighted by Crippen LogP contribution is -2.36. The monoisotopic (exact) mass is 193 g/mol. The number of carbonyl (C=O) groups excluding carboxylic acids is 1. The molecule has 2 saturated carbocycles. The van der Waals surface area contributed by atoms with Gasteiger partial charge >= 0.3 is 0 Å². The van der Waals surface area contributed by atoms with Crippen LogP contribution in [-0.4, -0.2) is 24.0 Å². The van der Waals surface area contributed by atoms with E-state index in [0.29, 0.717) is 18.5 Å². The number of amides is 1. The average Bonchev–Trinajstić information content (AvgIpc) is 2.97. The number of nitrogens with zero attached hydrogens (tertiary/aromatic N) is 1. The lowest BCUT2D eigenvalue weighted by Gasteiger charge is -2.10. The standard InChI is InChI=1S/C10H15N3O/c11-6-9(12-7-1-2-7)5-10(14)13-8-3-4-8/h7-9,12H,1-5H2,(H,13,14). The second-order valence-corrected chi connectivity index (χ2v) is 4.17. The van der Waals surface area contributed by atoms with Crippen LogP contribution in [0.4, 0.5) is 0 Å². The average molecular weight is 193 g/mol. The van der Waals surface area contributed by atoms with Gasteiger partial charge in [-0.2, -0.15) is 5.26 Å². The van der Waals surface area contributed by atoms with Gasteiger partial charge in [-0.3, -0.25) is 10.1 Å². The molecular formula is C10H15N3O. The van der Waals surface area contributed by atoms with Gasteiger partial charge in [-0.25, -0.2) is 0 Å². The van der Waals surface area contributed by atoms with Gasteiger partial charge < -0.3 is 5.32 Å². The summed E-state index contributed by atoms with van der Waals surface area (Å²) >= 11 is 0. The number of hydrogen-bond acceptors (Lipinski definition) is 3. The Bertz CT molecular complexity index is 263. The van der Waals surface area contributed by atoms with E-state index in [2.05, 4.69) is 16.7 Å². The van der Waals surface area contributed by atoms with Gasteiger partial charge in [0.15, 0.2) is 0 Å². The van der Waals surface area contributed by atoms with Gasteiger partial charge in [0.1, 0.15) is 6.04 Å². The Hall–Kier alpha value is -1.08. The van der Waals surface area contributed by atoms with Crippen molar-refractivity contribution in [2.45, 2.75) is 50.2 Å². The van der Waals surface area contributed by atoms with E-state index in [1.807, 2.05) is 0 Å². The molecule has 14 heavy (non-hydrogen) atoms. The van der Waals surface area contributed by atoms with Gasteiger partial charge in [0.25, 0.3) is 0 Å². The van der Waals surface area contributed by atoms with E-state index in [4.69, 9.17) is 5.26 Å². The van der Waals surface area contributed by atoms with Crippen molar-refractivity contribution in [2.24, 2.45) is 0 Å². The molecule has 2 rings (SSSR count). The summed E-state index contributed by atoms with van der Waals surface area (Å²) in [7, 11) is 0. The van der Waals surface area contributed by atoms with Crippen LogP contribution in [0.25, 0.3) is 0 Å². The molecule has 0 aromatic rings. The van der Waals surface area contributed by atoms with Crippen molar-refractivity contribution >= 4 is 5.91 Å². The molecule has 0 aromatic carbocycles. The molecule has 0 aromatic heterocycles. The summed E-state index contributed by atoms with van der Waals surface area (Å²) in [4.78, 5) is 11.4. The van der Waals surface area contributed by atoms with Crippen molar-refractivity contribution in [3.8, 4) is 6.07 Å². The summed E-state index contributed by atoms with van der Waals surface area (Å²) in [6.45, 7) is 0. The van der Waals surface area contributed by atoms with E-state index >= 15 is 0 Å². The Morgan fingerprint density at radius 3 is 2.50 bits per heavy atom. The first-order valence-electron chi connectivity index (χ1n) is 5.23. The second-order valence-electron chi connectivity index (χ2n) is 4.17. The van der Waals surface area contributed by atoms with Crippen LogP contribution in [0.1, 0.15) is 32.1 Å². The van der Waals surface area contributed by atoms with Crippen LogP contribution >= 0.6 is 0 Å². The van der Waals surface area contributed by atoms with Gasteiger partial charge in [-0.15, -0.1) is 0 Å². The van der Waals surface area contributed by atoms with Crippen molar-refractivity contribution in [3.05, 3.63) is 0 Å². The fraction of sp³-hybridized carbons (Fsp3) is 0.800. The fourth-order valence-electron chi connectivity index (χ4n) is 1.38. The van der Waals surface area contributed by atoms with E-state index in [1.165, 1.54) is 0 Å². The minimum Gasteiger partial charge on any atom is -0.353 e. The molecule has 1 amide bonds. The highest BCUT2D eigenvalue weighted by Crippen LogP contribution is 2.20. The van der Waals surface area contributed by atoms with Crippen molar-refractivity contribution < 1.29 is 4.79 Å². The van der Waals surface area contributed by atoms with E-state index in [1.54, 1.807) is 0 Å². The lowest BCUT2D eigenvalue weighted by atomic mass is 10.2. The zero-order valence-corrected chi connectivity index (χ0v) is 8.12. The molecule has 2 aliphatic carbocycles. The summed E-state index contributed by atoms with van der Waals surface area (Å²) in [6, 6.07) is 2.69. The Labute approximate surface area is 83.7 Å². The molecule has 0 saturated heterocycles. The summed E-state index contributed by atoms with van der Waals surface area (Å²) in [5.41, 5.74) is 0. The van der Waals surface area contributed by atoms with Crippen molar-refractivity contribution in [2.75, 3.05) is 0 Å². The number of nitriles is 1. The summed E-state index contributed by atoms with van der Waals surface area (Å²) in [5.74, 6) is 0.00667. The molecule has 2 N–H and O–H groups in total. The van der Waals surface area contributed by atoms with E-state index in [9.17, 15) is 4.79 Å². The van der Waals surface area contributed by atoms with Gasteiger partial charge in [0.2, 0.25) is 5.91 Å². The topological polar surface area (TPSA) is 64.9 Å². The van der Waals surface area contributed by atoms with Crippen molar-refractivity contribution in [3.63, 3.8) is 0 Å². The molecule has 2 aliphatic rings. The Morgan fingerprint density at radius 2 is 2.00 bits per heavy atom. The molecule has 0 bridgehead atoms. The summed E-state index contributed by atoms with van der Waals surface area (Å²) in [5, 5.41) is 14.8. The highest BCUT2D eigenvalue weighted by molar-refractivity contribution is 5.77. The third-order valence-electron chi connectivity index (χ3n) is 2.50. The minimum atomic E-state index is -0.304. The fourth-order valence-corrected chi connectivity index (χ4v) is 1.38. The first-order chi connectivity index (χ1) is 6.78. The quantitative estimate of drug-likeness (QED) is 0.660. The van der Waals surface area contributed by atoms with E-state index in [0.717, 1.165) is 25.7 Å². The molecule has 4 heteroatoms. The molecule has 0 spiro atoms.